The Morgan fingerprint density at radius 3 is 2.12 bits per heavy atom. The maximum absolute atomic E-state index is 13.5. The van der Waals surface area contributed by atoms with Gasteiger partial charge in [-0.3, -0.25) is 0 Å². The fraction of sp³-hybridized carbons (Fsp3) is 0.333. The summed E-state index contributed by atoms with van der Waals surface area (Å²) in [6.45, 7) is 2.30. The molecule has 0 amide bonds. The third kappa shape index (κ3) is 3.38. The highest BCUT2D eigenvalue weighted by atomic mass is 19.2. The Labute approximate surface area is 153 Å². The molecular weight excluding hydrogens is 326 g/mol. The molecule has 0 atom stereocenters. The Balaban J connectivity index is 1.61. The molecule has 3 aromatic carbocycles. The Morgan fingerprint density at radius 1 is 0.731 bits per heavy atom. The minimum atomic E-state index is -0.808. The molecule has 0 saturated heterocycles. The van der Waals surface area contributed by atoms with Gasteiger partial charge in [0.05, 0.1) is 0 Å². The van der Waals surface area contributed by atoms with Crippen molar-refractivity contribution in [3.63, 3.8) is 0 Å². The van der Waals surface area contributed by atoms with Crippen LogP contribution < -0.4 is 0 Å². The van der Waals surface area contributed by atoms with E-state index in [-0.39, 0.29) is 0 Å². The lowest BCUT2D eigenvalue weighted by molar-refractivity contribution is 0.319. The van der Waals surface area contributed by atoms with Crippen LogP contribution >= 0.6 is 0 Å². The van der Waals surface area contributed by atoms with Crippen LogP contribution in [0.25, 0.3) is 21.9 Å². The molecule has 0 unspecified atom stereocenters. The Hall–Kier alpha value is -2.22. The zero-order valence-corrected chi connectivity index (χ0v) is 15.1. The van der Waals surface area contributed by atoms with Gasteiger partial charge in [0.25, 0.3) is 0 Å². The van der Waals surface area contributed by atoms with Gasteiger partial charge in [-0.1, -0.05) is 49.7 Å². The largest absolute Gasteiger partial charge is 0.204 e. The van der Waals surface area contributed by atoms with Gasteiger partial charge in [0.15, 0.2) is 11.6 Å². The van der Waals surface area contributed by atoms with E-state index >= 15 is 0 Å². The average Bonchev–Trinajstić information content (AvgIpc) is 2.69. The van der Waals surface area contributed by atoms with Crippen molar-refractivity contribution in [3.05, 3.63) is 71.8 Å². The summed E-state index contributed by atoms with van der Waals surface area (Å²) in [6.07, 6.45) is 6.56. The van der Waals surface area contributed by atoms with Gasteiger partial charge in [-0.05, 0) is 83.2 Å². The smallest absolute Gasteiger partial charge is 0.159 e. The molecule has 0 radical (unpaired) electrons. The van der Waals surface area contributed by atoms with E-state index in [1.807, 2.05) is 6.07 Å². The third-order valence-corrected chi connectivity index (χ3v) is 6.01. The summed E-state index contributed by atoms with van der Waals surface area (Å²) < 4.78 is 26.7. The molecule has 134 valence electrons. The second kappa shape index (κ2) is 7.19. The van der Waals surface area contributed by atoms with Gasteiger partial charge < -0.3 is 0 Å². The summed E-state index contributed by atoms with van der Waals surface area (Å²) in [7, 11) is 0. The lowest BCUT2D eigenvalue weighted by Crippen LogP contribution is -2.12. The van der Waals surface area contributed by atoms with Crippen molar-refractivity contribution in [1.29, 1.82) is 0 Å². The Kier molecular flexibility index (Phi) is 4.76. The maximum Gasteiger partial charge on any atom is 0.159 e. The van der Waals surface area contributed by atoms with Crippen LogP contribution in [0.3, 0.4) is 0 Å². The SMILES string of the molecule is CCC1CCC(c2ccc3cc(-c4ccc(F)c(F)c4)ccc3c2)CC1. The van der Waals surface area contributed by atoms with Crippen LogP contribution in [0.2, 0.25) is 0 Å². The minimum Gasteiger partial charge on any atom is -0.204 e. The average molecular weight is 350 g/mol. The fourth-order valence-electron chi connectivity index (χ4n) is 4.28. The van der Waals surface area contributed by atoms with Gasteiger partial charge in [0.1, 0.15) is 0 Å². The third-order valence-electron chi connectivity index (χ3n) is 6.01. The molecule has 4 rings (SSSR count). The molecule has 1 fully saturated rings. The van der Waals surface area contributed by atoms with Gasteiger partial charge in [0, 0.05) is 0 Å². The Bertz CT molecular complexity index is 921. The quantitative estimate of drug-likeness (QED) is 0.459. The van der Waals surface area contributed by atoms with Crippen LogP contribution in [0.5, 0.6) is 0 Å². The molecule has 0 aromatic heterocycles. The van der Waals surface area contributed by atoms with E-state index in [9.17, 15) is 8.78 Å². The van der Waals surface area contributed by atoms with Crippen LogP contribution in [0.1, 0.15) is 50.5 Å². The molecule has 26 heavy (non-hydrogen) atoms. The molecule has 0 nitrogen and oxygen atoms in total. The number of rotatable bonds is 3. The molecule has 1 saturated carbocycles. The summed E-state index contributed by atoms with van der Waals surface area (Å²) in [5, 5.41) is 2.35. The summed E-state index contributed by atoms with van der Waals surface area (Å²) in [5.74, 6) is -0.0314. The topological polar surface area (TPSA) is 0 Å². The van der Waals surface area contributed by atoms with Crippen molar-refractivity contribution < 1.29 is 8.78 Å². The second-order valence-electron chi connectivity index (χ2n) is 7.58. The molecule has 1 aliphatic carbocycles. The van der Waals surface area contributed by atoms with E-state index in [4.69, 9.17) is 0 Å². The molecule has 2 heteroatoms. The van der Waals surface area contributed by atoms with Crippen LogP contribution in [0, 0.1) is 17.6 Å². The first-order valence-corrected chi connectivity index (χ1v) is 9.63. The fourth-order valence-corrected chi connectivity index (χ4v) is 4.28. The zero-order chi connectivity index (χ0) is 18.1. The number of fused-ring (bicyclic) bond motifs is 1. The first kappa shape index (κ1) is 17.2. The normalized spacial score (nSPS) is 20.4. The summed E-state index contributed by atoms with van der Waals surface area (Å²) >= 11 is 0. The van der Waals surface area contributed by atoms with E-state index in [2.05, 4.69) is 37.3 Å². The van der Waals surface area contributed by atoms with Crippen LogP contribution in [-0.2, 0) is 0 Å². The van der Waals surface area contributed by atoms with Crippen molar-refractivity contribution in [2.24, 2.45) is 5.92 Å². The predicted molar refractivity (Wildman–Crippen MR) is 104 cm³/mol. The standard InChI is InChI=1S/C24H24F2/c1-2-16-3-5-17(6-4-16)18-7-8-20-14-21(10-9-19(20)13-18)22-11-12-23(25)24(26)15-22/h7-17H,2-6H2,1H3. The Morgan fingerprint density at radius 2 is 1.38 bits per heavy atom. The maximum atomic E-state index is 13.5. The van der Waals surface area contributed by atoms with E-state index < -0.39 is 11.6 Å². The van der Waals surface area contributed by atoms with Crippen LogP contribution in [0.15, 0.2) is 54.6 Å². The van der Waals surface area contributed by atoms with Gasteiger partial charge in [-0.2, -0.15) is 0 Å². The zero-order valence-electron chi connectivity index (χ0n) is 15.1. The molecule has 0 bridgehead atoms. The van der Waals surface area contributed by atoms with Gasteiger partial charge in [-0.15, -0.1) is 0 Å². The monoisotopic (exact) mass is 350 g/mol. The highest BCUT2D eigenvalue weighted by Gasteiger charge is 2.21. The van der Waals surface area contributed by atoms with Crippen LogP contribution in [-0.4, -0.2) is 0 Å². The van der Waals surface area contributed by atoms with E-state index in [0.717, 1.165) is 16.9 Å². The highest BCUT2D eigenvalue weighted by molar-refractivity contribution is 5.88. The summed E-state index contributed by atoms with van der Waals surface area (Å²) in [5.41, 5.74) is 3.05. The lowest BCUT2D eigenvalue weighted by atomic mass is 9.77. The van der Waals surface area contributed by atoms with Crippen molar-refractivity contribution in [1.82, 2.24) is 0 Å². The van der Waals surface area contributed by atoms with E-state index in [1.54, 1.807) is 6.07 Å². The van der Waals surface area contributed by atoms with Crippen molar-refractivity contribution in [2.45, 2.75) is 44.9 Å². The lowest BCUT2D eigenvalue weighted by Gasteiger charge is -2.28. The van der Waals surface area contributed by atoms with Crippen LogP contribution in [0.4, 0.5) is 8.78 Å². The molecule has 0 N–H and O–H groups in total. The summed E-state index contributed by atoms with van der Waals surface area (Å²) in [4.78, 5) is 0. The molecule has 0 spiro atoms. The van der Waals surface area contributed by atoms with Crippen molar-refractivity contribution >= 4 is 10.8 Å². The first-order valence-electron chi connectivity index (χ1n) is 9.63. The van der Waals surface area contributed by atoms with Crippen molar-refractivity contribution in [2.75, 3.05) is 0 Å². The molecular formula is C24H24F2. The van der Waals surface area contributed by atoms with E-state index in [0.29, 0.717) is 11.5 Å². The van der Waals surface area contributed by atoms with E-state index in [1.165, 1.54) is 55.2 Å². The number of benzene rings is 3. The molecule has 0 aliphatic heterocycles. The number of halogens is 2. The highest BCUT2D eigenvalue weighted by Crippen LogP contribution is 2.38. The minimum absolute atomic E-state index is 0.674. The predicted octanol–water partition coefficient (Wildman–Crippen LogP) is 7.47. The second-order valence-corrected chi connectivity index (χ2v) is 7.58. The molecule has 0 heterocycles. The van der Waals surface area contributed by atoms with Crippen molar-refractivity contribution in [3.8, 4) is 11.1 Å². The summed E-state index contributed by atoms with van der Waals surface area (Å²) in [6, 6.07) is 16.9. The number of hydrogen-bond acceptors (Lipinski definition) is 0. The molecule has 3 aromatic rings. The first-order chi connectivity index (χ1) is 12.6. The molecule has 1 aliphatic rings. The van der Waals surface area contributed by atoms with Gasteiger partial charge >= 0.3 is 0 Å². The van der Waals surface area contributed by atoms with Gasteiger partial charge in [0.2, 0.25) is 0 Å². The van der Waals surface area contributed by atoms with Gasteiger partial charge in [-0.25, -0.2) is 8.78 Å². The number of hydrogen-bond donors (Lipinski definition) is 0.